The number of rotatable bonds is 2. The van der Waals surface area contributed by atoms with Gasteiger partial charge in [0.05, 0.1) is 5.69 Å². The fraction of sp³-hybridized carbons (Fsp3) is 0.333. The second-order valence-corrected chi connectivity index (χ2v) is 6.18. The highest BCUT2D eigenvalue weighted by molar-refractivity contribution is 5.92. The molecular formula is C18H20N2O4. The molecule has 0 unspecified atom stereocenters. The molecule has 6 nitrogen and oxygen atoms in total. The highest BCUT2D eigenvalue weighted by Gasteiger charge is 2.28. The maximum atomic E-state index is 12.7. The Labute approximate surface area is 139 Å². The van der Waals surface area contributed by atoms with Gasteiger partial charge in [0.15, 0.2) is 5.56 Å². The van der Waals surface area contributed by atoms with Crippen LogP contribution in [0.2, 0.25) is 0 Å². The minimum absolute atomic E-state index is 0.405. The molecule has 2 aromatic rings. The highest BCUT2D eigenvalue weighted by atomic mass is 16.4. The summed E-state index contributed by atoms with van der Waals surface area (Å²) in [6.45, 7) is 0. The van der Waals surface area contributed by atoms with Gasteiger partial charge < -0.3 is 15.2 Å². The molecule has 0 fully saturated rings. The summed E-state index contributed by atoms with van der Waals surface area (Å²) >= 11 is 0. The van der Waals surface area contributed by atoms with Crippen molar-refractivity contribution in [1.82, 2.24) is 4.68 Å². The number of aromatic nitrogens is 1. The SMILES string of the molecule is CN(C)n1c2c(c(O)c(C(=O)O)c1=O)CCCCc1ccccc1-2. The van der Waals surface area contributed by atoms with Gasteiger partial charge in [-0.05, 0) is 31.2 Å². The lowest BCUT2D eigenvalue weighted by Gasteiger charge is -2.27. The van der Waals surface area contributed by atoms with Crippen molar-refractivity contribution in [2.75, 3.05) is 19.1 Å². The minimum atomic E-state index is -1.41. The van der Waals surface area contributed by atoms with Crippen molar-refractivity contribution in [2.24, 2.45) is 0 Å². The summed E-state index contributed by atoms with van der Waals surface area (Å²) in [7, 11) is 3.37. The standard InChI is InChI=1S/C18H20N2O4/c1-19(2)20-15-12-9-5-3-7-11(12)8-4-6-10-13(15)16(21)14(17(20)22)18(23)24/h3,5,7,9,21H,4,6,8,10H2,1-2H3,(H,23,24). The van der Waals surface area contributed by atoms with Gasteiger partial charge in [0.25, 0.3) is 5.56 Å². The molecule has 24 heavy (non-hydrogen) atoms. The number of carboxylic acids is 1. The smallest absolute Gasteiger partial charge is 0.345 e. The first-order chi connectivity index (χ1) is 11.4. The zero-order chi connectivity index (χ0) is 17.4. The normalized spacial score (nSPS) is 13.4. The van der Waals surface area contributed by atoms with Gasteiger partial charge in [-0.25, -0.2) is 9.47 Å². The van der Waals surface area contributed by atoms with Crippen molar-refractivity contribution in [3.63, 3.8) is 0 Å². The second kappa shape index (κ2) is 6.03. The van der Waals surface area contributed by atoms with Crippen molar-refractivity contribution in [2.45, 2.75) is 25.7 Å². The monoisotopic (exact) mass is 328 g/mol. The molecule has 0 spiro atoms. The molecule has 2 N–H and O–H groups in total. The minimum Gasteiger partial charge on any atom is -0.506 e. The first-order valence-electron chi connectivity index (χ1n) is 7.93. The van der Waals surface area contributed by atoms with Crippen LogP contribution in [0.3, 0.4) is 0 Å². The van der Waals surface area contributed by atoms with Crippen molar-refractivity contribution in [3.05, 3.63) is 51.3 Å². The number of carbonyl (C=O) groups is 1. The largest absolute Gasteiger partial charge is 0.506 e. The Morgan fingerprint density at radius 1 is 1.17 bits per heavy atom. The van der Waals surface area contributed by atoms with E-state index in [4.69, 9.17) is 0 Å². The number of nitrogens with zero attached hydrogens (tertiary/aromatic N) is 2. The van der Waals surface area contributed by atoms with Crippen LogP contribution in [0.15, 0.2) is 29.1 Å². The van der Waals surface area contributed by atoms with Gasteiger partial charge in [-0.15, -0.1) is 0 Å². The molecule has 1 heterocycles. The van der Waals surface area contributed by atoms with Crippen LogP contribution in [0.25, 0.3) is 11.3 Å². The van der Waals surface area contributed by atoms with Crippen LogP contribution in [0.1, 0.15) is 34.3 Å². The van der Waals surface area contributed by atoms with Crippen LogP contribution in [-0.2, 0) is 12.8 Å². The van der Waals surface area contributed by atoms with E-state index in [0.717, 1.165) is 30.4 Å². The van der Waals surface area contributed by atoms with E-state index in [1.165, 1.54) is 4.68 Å². The number of carboxylic acid groups (broad SMARTS) is 1. The van der Waals surface area contributed by atoms with Gasteiger partial charge >= 0.3 is 5.97 Å². The molecule has 0 aliphatic heterocycles. The van der Waals surface area contributed by atoms with Gasteiger partial charge in [0, 0.05) is 25.2 Å². The Morgan fingerprint density at radius 3 is 2.50 bits per heavy atom. The molecule has 6 heteroatoms. The van der Waals surface area contributed by atoms with E-state index in [0.29, 0.717) is 17.7 Å². The molecule has 0 saturated heterocycles. The first kappa shape index (κ1) is 16.1. The molecule has 0 radical (unpaired) electrons. The summed E-state index contributed by atoms with van der Waals surface area (Å²) in [6.07, 6.45) is 3.18. The van der Waals surface area contributed by atoms with Crippen LogP contribution in [0, 0.1) is 0 Å². The van der Waals surface area contributed by atoms with Gasteiger partial charge in [0.2, 0.25) is 0 Å². The molecule has 1 aliphatic rings. The number of aryl methyl sites for hydroxylation is 1. The molecule has 0 bridgehead atoms. The maximum Gasteiger partial charge on any atom is 0.345 e. The zero-order valence-corrected chi connectivity index (χ0v) is 13.7. The summed E-state index contributed by atoms with van der Waals surface area (Å²) in [4.78, 5) is 24.2. The van der Waals surface area contributed by atoms with Crippen molar-refractivity contribution >= 4 is 5.97 Å². The van der Waals surface area contributed by atoms with Gasteiger partial charge in [-0.1, -0.05) is 24.3 Å². The van der Waals surface area contributed by atoms with Crippen LogP contribution in [0.5, 0.6) is 5.75 Å². The number of aromatic carboxylic acids is 1. The Balaban J connectivity index is 2.49. The summed E-state index contributed by atoms with van der Waals surface area (Å²) < 4.78 is 1.35. The summed E-state index contributed by atoms with van der Waals surface area (Å²) in [6, 6.07) is 7.76. The zero-order valence-electron chi connectivity index (χ0n) is 13.7. The number of aromatic hydroxyl groups is 1. The van der Waals surface area contributed by atoms with E-state index < -0.39 is 22.8 Å². The molecular weight excluding hydrogens is 308 g/mol. The topological polar surface area (TPSA) is 82.8 Å². The van der Waals surface area contributed by atoms with Crippen LogP contribution in [-0.4, -0.2) is 35.0 Å². The lowest BCUT2D eigenvalue weighted by atomic mass is 9.89. The average Bonchev–Trinajstić information content (AvgIpc) is 2.50. The van der Waals surface area contributed by atoms with Crippen LogP contribution < -0.4 is 10.6 Å². The molecule has 1 aromatic carbocycles. The summed E-state index contributed by atoms with van der Waals surface area (Å²) in [5.41, 5.74) is 1.77. The Hall–Kier alpha value is -2.76. The van der Waals surface area contributed by atoms with E-state index in [2.05, 4.69) is 0 Å². The number of pyridine rings is 1. The molecule has 1 aliphatic carbocycles. The van der Waals surface area contributed by atoms with Crippen molar-refractivity contribution in [1.29, 1.82) is 0 Å². The Kier molecular flexibility index (Phi) is 4.05. The fourth-order valence-corrected chi connectivity index (χ4v) is 3.37. The predicted octanol–water partition coefficient (Wildman–Crippen LogP) is 2.00. The van der Waals surface area contributed by atoms with Gasteiger partial charge in [-0.2, -0.15) is 0 Å². The first-order valence-corrected chi connectivity index (χ1v) is 7.93. The highest BCUT2D eigenvalue weighted by Crippen LogP contribution is 2.36. The average molecular weight is 328 g/mol. The number of fused-ring (bicyclic) bond motifs is 3. The van der Waals surface area contributed by atoms with E-state index >= 15 is 0 Å². The fourth-order valence-electron chi connectivity index (χ4n) is 3.37. The number of hydrogen-bond donors (Lipinski definition) is 2. The van der Waals surface area contributed by atoms with E-state index in [9.17, 15) is 19.8 Å². The third-order valence-corrected chi connectivity index (χ3v) is 4.44. The van der Waals surface area contributed by atoms with Gasteiger partial charge in [0.1, 0.15) is 5.75 Å². The quantitative estimate of drug-likeness (QED) is 0.881. The van der Waals surface area contributed by atoms with E-state index in [1.54, 1.807) is 19.1 Å². The maximum absolute atomic E-state index is 12.7. The molecule has 0 atom stereocenters. The van der Waals surface area contributed by atoms with Crippen molar-refractivity contribution < 1.29 is 15.0 Å². The molecule has 3 rings (SSSR count). The number of benzene rings is 1. The predicted molar refractivity (Wildman–Crippen MR) is 91.5 cm³/mol. The van der Waals surface area contributed by atoms with E-state index in [1.807, 2.05) is 24.3 Å². The van der Waals surface area contributed by atoms with Crippen LogP contribution >= 0.6 is 0 Å². The third kappa shape index (κ3) is 2.44. The van der Waals surface area contributed by atoms with Crippen molar-refractivity contribution in [3.8, 4) is 17.0 Å². The summed E-state index contributed by atoms with van der Waals surface area (Å²) in [5.74, 6) is -1.82. The molecule has 0 amide bonds. The van der Waals surface area contributed by atoms with Crippen LogP contribution in [0.4, 0.5) is 0 Å². The lowest BCUT2D eigenvalue weighted by molar-refractivity contribution is 0.0690. The molecule has 126 valence electrons. The summed E-state index contributed by atoms with van der Waals surface area (Å²) in [5, 5.41) is 21.5. The second-order valence-electron chi connectivity index (χ2n) is 6.18. The molecule has 0 saturated carbocycles. The third-order valence-electron chi connectivity index (χ3n) is 4.44. The van der Waals surface area contributed by atoms with Gasteiger partial charge in [-0.3, -0.25) is 4.79 Å². The lowest BCUT2D eigenvalue weighted by Crippen LogP contribution is -2.40. The molecule has 1 aromatic heterocycles. The van der Waals surface area contributed by atoms with E-state index in [-0.39, 0.29) is 0 Å². The Morgan fingerprint density at radius 2 is 1.83 bits per heavy atom. The number of hydrogen-bond acceptors (Lipinski definition) is 4. The Bertz CT molecular complexity index is 868.